The Bertz CT molecular complexity index is 915. The van der Waals surface area contributed by atoms with Gasteiger partial charge in [0.25, 0.3) is 10.0 Å². The largest absolute Gasteiger partial charge is 0.486 e. The highest BCUT2D eigenvalue weighted by Crippen LogP contribution is 2.39. The van der Waals surface area contributed by atoms with Crippen molar-refractivity contribution >= 4 is 27.3 Å². The second kappa shape index (κ2) is 6.30. The van der Waals surface area contributed by atoms with E-state index in [1.807, 2.05) is 0 Å². The number of sulfonamides is 1. The minimum absolute atomic E-state index is 0.0247. The number of rotatable bonds is 3. The molecule has 25 heavy (non-hydrogen) atoms. The smallest absolute Gasteiger partial charge is 0.416 e. The van der Waals surface area contributed by atoms with Gasteiger partial charge in [-0.25, -0.2) is 8.42 Å². The van der Waals surface area contributed by atoms with Crippen molar-refractivity contribution in [2.75, 3.05) is 17.9 Å². The number of fused-ring (bicyclic) bond motifs is 1. The summed E-state index contributed by atoms with van der Waals surface area (Å²) in [5.74, 6) is 0.649. The van der Waals surface area contributed by atoms with Crippen LogP contribution in [-0.2, 0) is 16.2 Å². The van der Waals surface area contributed by atoms with Crippen molar-refractivity contribution in [3.63, 3.8) is 0 Å². The van der Waals surface area contributed by atoms with Gasteiger partial charge < -0.3 is 9.47 Å². The first-order valence-electron chi connectivity index (χ1n) is 6.96. The third kappa shape index (κ3) is 3.77. The molecule has 2 aromatic rings. The van der Waals surface area contributed by atoms with Gasteiger partial charge in [-0.1, -0.05) is 17.7 Å². The fraction of sp³-hybridized carbons (Fsp3) is 0.200. The molecule has 1 N–H and O–H groups in total. The number of anilines is 1. The van der Waals surface area contributed by atoms with Gasteiger partial charge in [0, 0.05) is 12.1 Å². The number of hydrogen-bond acceptors (Lipinski definition) is 4. The Hall–Kier alpha value is -2.13. The summed E-state index contributed by atoms with van der Waals surface area (Å²) in [5.41, 5.74) is -1.09. The van der Waals surface area contributed by atoms with E-state index in [-0.39, 0.29) is 23.1 Å². The molecule has 5 nitrogen and oxygen atoms in total. The first kappa shape index (κ1) is 17.7. The Labute approximate surface area is 146 Å². The molecule has 0 radical (unpaired) electrons. The Kier molecular flexibility index (Phi) is 4.46. The molecule has 1 aliphatic heterocycles. The van der Waals surface area contributed by atoms with Gasteiger partial charge >= 0.3 is 6.18 Å². The molecule has 0 spiro atoms. The van der Waals surface area contributed by atoms with E-state index >= 15 is 0 Å². The van der Waals surface area contributed by atoms with Crippen LogP contribution in [0.25, 0.3) is 0 Å². The van der Waals surface area contributed by atoms with E-state index < -0.39 is 26.7 Å². The van der Waals surface area contributed by atoms with E-state index in [2.05, 4.69) is 4.72 Å². The molecular formula is C15H11ClF3NO4S. The number of benzene rings is 2. The van der Waals surface area contributed by atoms with E-state index in [0.29, 0.717) is 18.4 Å². The van der Waals surface area contributed by atoms with Crippen molar-refractivity contribution in [1.29, 1.82) is 0 Å². The Morgan fingerprint density at radius 3 is 2.32 bits per heavy atom. The molecule has 0 saturated heterocycles. The molecule has 0 unspecified atom stereocenters. The van der Waals surface area contributed by atoms with Crippen LogP contribution in [0, 0.1) is 0 Å². The van der Waals surface area contributed by atoms with Crippen molar-refractivity contribution < 1.29 is 31.1 Å². The lowest BCUT2D eigenvalue weighted by atomic mass is 10.2. The molecule has 0 aromatic heterocycles. The molecule has 0 atom stereocenters. The zero-order valence-corrected chi connectivity index (χ0v) is 14.0. The summed E-state index contributed by atoms with van der Waals surface area (Å²) in [5, 5.41) is 0.0276. The summed E-state index contributed by atoms with van der Waals surface area (Å²) < 4.78 is 75.9. The van der Waals surface area contributed by atoms with Crippen molar-refractivity contribution in [3.8, 4) is 11.5 Å². The summed E-state index contributed by atoms with van der Waals surface area (Å²) in [4.78, 5) is -0.534. The van der Waals surface area contributed by atoms with Crippen molar-refractivity contribution in [1.82, 2.24) is 0 Å². The minimum Gasteiger partial charge on any atom is -0.486 e. The monoisotopic (exact) mass is 393 g/mol. The number of halogens is 4. The quantitative estimate of drug-likeness (QED) is 0.858. The van der Waals surface area contributed by atoms with Gasteiger partial charge in [0.15, 0.2) is 11.5 Å². The summed E-state index contributed by atoms with van der Waals surface area (Å²) in [6.07, 6.45) is -4.65. The first-order valence-corrected chi connectivity index (χ1v) is 8.82. The second-order valence-electron chi connectivity index (χ2n) is 5.11. The molecule has 1 aliphatic rings. The molecule has 0 bridgehead atoms. The van der Waals surface area contributed by atoms with E-state index in [0.717, 1.165) is 18.2 Å². The summed E-state index contributed by atoms with van der Waals surface area (Å²) >= 11 is 6.02. The van der Waals surface area contributed by atoms with Crippen LogP contribution in [0.5, 0.6) is 11.5 Å². The lowest BCUT2D eigenvalue weighted by molar-refractivity contribution is -0.137. The molecule has 1 heterocycles. The Morgan fingerprint density at radius 2 is 1.68 bits per heavy atom. The average Bonchev–Trinajstić information content (AvgIpc) is 2.55. The van der Waals surface area contributed by atoms with Gasteiger partial charge in [0.2, 0.25) is 0 Å². The topological polar surface area (TPSA) is 64.6 Å². The number of hydrogen-bond donors (Lipinski definition) is 1. The van der Waals surface area contributed by atoms with Crippen LogP contribution in [0.3, 0.4) is 0 Å². The highest BCUT2D eigenvalue weighted by atomic mass is 35.5. The van der Waals surface area contributed by atoms with Gasteiger partial charge in [0.1, 0.15) is 13.2 Å². The predicted octanol–water partition coefficient (Wildman–Crippen LogP) is 3.93. The lowest BCUT2D eigenvalue weighted by Crippen LogP contribution is -2.17. The van der Waals surface area contributed by atoms with Crippen LogP contribution in [0.1, 0.15) is 5.56 Å². The molecule has 0 fully saturated rings. The van der Waals surface area contributed by atoms with Gasteiger partial charge in [-0.3, -0.25) is 4.72 Å². The molecule has 2 aromatic carbocycles. The third-order valence-electron chi connectivity index (χ3n) is 3.35. The molecule has 10 heteroatoms. The number of alkyl halides is 3. The highest BCUT2D eigenvalue weighted by Gasteiger charge is 2.32. The van der Waals surface area contributed by atoms with Gasteiger partial charge in [0.05, 0.1) is 21.2 Å². The first-order chi connectivity index (χ1) is 11.7. The maximum absolute atomic E-state index is 12.8. The molecule has 0 aliphatic carbocycles. The Morgan fingerprint density at radius 1 is 1.04 bits per heavy atom. The van der Waals surface area contributed by atoms with Crippen LogP contribution < -0.4 is 14.2 Å². The van der Waals surface area contributed by atoms with Crippen LogP contribution in [0.15, 0.2) is 41.3 Å². The van der Waals surface area contributed by atoms with Crippen molar-refractivity contribution in [3.05, 3.63) is 47.0 Å². The number of nitrogens with one attached hydrogen (secondary N) is 1. The maximum Gasteiger partial charge on any atom is 0.416 e. The number of ether oxygens (including phenoxy) is 2. The van der Waals surface area contributed by atoms with Crippen LogP contribution >= 0.6 is 11.6 Å². The SMILES string of the molecule is O=S(=O)(Nc1cc2c(cc1Cl)OCCO2)c1cccc(C(F)(F)F)c1. The third-order valence-corrected chi connectivity index (χ3v) is 5.02. The summed E-state index contributed by atoms with van der Waals surface area (Å²) in [7, 11) is -4.28. The zero-order chi connectivity index (χ0) is 18.2. The van der Waals surface area contributed by atoms with Gasteiger partial charge in [-0.15, -0.1) is 0 Å². The van der Waals surface area contributed by atoms with Crippen LogP contribution in [0.2, 0.25) is 5.02 Å². The van der Waals surface area contributed by atoms with Gasteiger partial charge in [-0.2, -0.15) is 13.2 Å². The van der Waals surface area contributed by atoms with Crippen LogP contribution in [0.4, 0.5) is 18.9 Å². The predicted molar refractivity (Wildman–Crippen MR) is 84.7 cm³/mol. The van der Waals surface area contributed by atoms with E-state index in [1.54, 1.807) is 0 Å². The maximum atomic E-state index is 12.8. The summed E-state index contributed by atoms with van der Waals surface area (Å²) in [6.45, 7) is 0.618. The lowest BCUT2D eigenvalue weighted by Gasteiger charge is -2.20. The normalized spacial score (nSPS) is 14.2. The molecule has 0 amide bonds. The summed E-state index contributed by atoms with van der Waals surface area (Å²) in [6, 6.07) is 6.11. The zero-order valence-electron chi connectivity index (χ0n) is 12.4. The second-order valence-corrected chi connectivity index (χ2v) is 7.20. The fourth-order valence-electron chi connectivity index (χ4n) is 2.19. The minimum atomic E-state index is -4.65. The highest BCUT2D eigenvalue weighted by molar-refractivity contribution is 7.92. The fourth-order valence-corrected chi connectivity index (χ4v) is 3.56. The molecular weight excluding hydrogens is 383 g/mol. The molecule has 134 valence electrons. The standard InChI is InChI=1S/C15H11ClF3NO4S/c16-11-7-13-14(24-5-4-23-13)8-12(11)20-25(21,22)10-3-1-2-9(6-10)15(17,18)19/h1-3,6-8,20H,4-5H2. The van der Waals surface area contributed by atoms with Crippen molar-refractivity contribution in [2.24, 2.45) is 0 Å². The molecule has 3 rings (SSSR count). The molecule has 0 saturated carbocycles. The Balaban J connectivity index is 1.95. The van der Waals surface area contributed by atoms with Crippen LogP contribution in [-0.4, -0.2) is 21.6 Å². The van der Waals surface area contributed by atoms with E-state index in [4.69, 9.17) is 21.1 Å². The van der Waals surface area contributed by atoms with E-state index in [1.165, 1.54) is 12.1 Å². The average molecular weight is 394 g/mol. The van der Waals surface area contributed by atoms with Gasteiger partial charge in [-0.05, 0) is 18.2 Å². The van der Waals surface area contributed by atoms with E-state index in [9.17, 15) is 21.6 Å². The van der Waals surface area contributed by atoms with Crippen molar-refractivity contribution in [2.45, 2.75) is 11.1 Å².